The number of hydrogen-bond acceptors (Lipinski definition) is 4. The van der Waals surface area contributed by atoms with Crippen molar-refractivity contribution in [3.8, 4) is 5.75 Å². The monoisotopic (exact) mass is 375 g/mol. The third kappa shape index (κ3) is 3.64. The fraction of sp³-hybridized carbons (Fsp3) is 0.111. The van der Waals surface area contributed by atoms with Crippen LogP contribution in [0.5, 0.6) is 5.75 Å². The van der Waals surface area contributed by atoms with Crippen molar-refractivity contribution in [3.63, 3.8) is 0 Å². The van der Waals surface area contributed by atoms with Crippen molar-refractivity contribution in [2.45, 2.75) is 13.5 Å². The van der Waals surface area contributed by atoms with E-state index < -0.39 is 0 Å². The number of amides is 1. The molecule has 3 nitrogen and oxygen atoms in total. The van der Waals surface area contributed by atoms with Crippen LogP contribution in [0.3, 0.4) is 0 Å². The molecule has 1 amide bonds. The molecule has 24 heavy (non-hydrogen) atoms. The molecule has 122 valence electrons. The van der Waals surface area contributed by atoms with Gasteiger partial charge in [0.05, 0.1) is 16.5 Å². The van der Waals surface area contributed by atoms with Gasteiger partial charge in [0.25, 0.3) is 5.91 Å². The topological polar surface area (TPSA) is 40.5 Å². The van der Waals surface area contributed by atoms with E-state index in [1.165, 1.54) is 23.4 Å². The van der Waals surface area contributed by atoms with Crippen LogP contribution in [0.4, 0.5) is 0 Å². The highest BCUT2D eigenvalue weighted by molar-refractivity contribution is 8.26. The number of phenolic OH excluding ortho intramolecular Hbond substituents is 1. The molecule has 0 bridgehead atoms. The molecule has 0 aliphatic carbocycles. The van der Waals surface area contributed by atoms with E-state index in [0.29, 0.717) is 15.8 Å². The molecular weight excluding hydrogens is 362 g/mol. The van der Waals surface area contributed by atoms with Gasteiger partial charge in [-0.2, -0.15) is 0 Å². The Hall–Kier alpha value is -1.82. The normalized spacial score (nSPS) is 16.2. The number of benzene rings is 2. The van der Waals surface area contributed by atoms with Crippen molar-refractivity contribution < 1.29 is 9.90 Å². The molecule has 1 aliphatic rings. The van der Waals surface area contributed by atoms with Crippen molar-refractivity contribution in [3.05, 3.63) is 69.1 Å². The molecule has 0 spiro atoms. The van der Waals surface area contributed by atoms with Crippen molar-refractivity contribution in [1.29, 1.82) is 0 Å². The molecule has 0 radical (unpaired) electrons. The summed E-state index contributed by atoms with van der Waals surface area (Å²) in [7, 11) is 0. The second-order valence-electron chi connectivity index (χ2n) is 5.46. The summed E-state index contributed by atoms with van der Waals surface area (Å²) < 4.78 is 0.539. The van der Waals surface area contributed by atoms with Gasteiger partial charge in [-0.05, 0) is 36.3 Å². The maximum Gasteiger partial charge on any atom is 0.266 e. The molecule has 1 saturated heterocycles. The summed E-state index contributed by atoms with van der Waals surface area (Å²) in [4.78, 5) is 14.8. The Morgan fingerprint density at radius 2 is 1.96 bits per heavy atom. The minimum Gasteiger partial charge on any atom is -0.506 e. The van der Waals surface area contributed by atoms with Gasteiger partial charge in [0.15, 0.2) is 0 Å². The fourth-order valence-electron chi connectivity index (χ4n) is 2.28. The second-order valence-corrected chi connectivity index (χ2v) is 7.55. The maximum absolute atomic E-state index is 12.6. The zero-order chi connectivity index (χ0) is 17.3. The van der Waals surface area contributed by atoms with Crippen molar-refractivity contribution in [1.82, 2.24) is 4.90 Å². The third-order valence-electron chi connectivity index (χ3n) is 3.60. The molecule has 3 rings (SSSR count). The Labute approximate surface area is 154 Å². The van der Waals surface area contributed by atoms with Gasteiger partial charge in [-0.3, -0.25) is 9.69 Å². The molecule has 2 aromatic carbocycles. The minimum atomic E-state index is -0.116. The summed E-state index contributed by atoms with van der Waals surface area (Å²) in [6.07, 6.45) is 1.74. The lowest BCUT2D eigenvalue weighted by atomic mass is 10.1. The molecule has 0 saturated carbocycles. The molecule has 0 aromatic heterocycles. The SMILES string of the molecule is Cc1ccc(CN2C(=O)/C(=C/c3ccc(O)c(Cl)c3)SC2=S)cc1. The minimum absolute atomic E-state index is 0.0146. The lowest BCUT2D eigenvalue weighted by molar-refractivity contribution is -0.122. The smallest absolute Gasteiger partial charge is 0.266 e. The predicted molar refractivity (Wildman–Crippen MR) is 103 cm³/mol. The van der Waals surface area contributed by atoms with Crippen LogP contribution in [0.25, 0.3) is 6.08 Å². The predicted octanol–water partition coefficient (Wildman–Crippen LogP) is 4.76. The number of rotatable bonds is 3. The number of nitrogens with zero attached hydrogens (tertiary/aromatic N) is 1. The van der Waals surface area contributed by atoms with Crippen molar-refractivity contribution >= 4 is 51.9 Å². The Morgan fingerprint density at radius 1 is 1.25 bits per heavy atom. The third-order valence-corrected chi connectivity index (χ3v) is 5.28. The van der Waals surface area contributed by atoms with E-state index in [1.807, 2.05) is 31.2 Å². The number of halogens is 1. The van der Waals surface area contributed by atoms with Crippen molar-refractivity contribution in [2.75, 3.05) is 0 Å². The fourth-order valence-corrected chi connectivity index (χ4v) is 3.72. The first-order valence-electron chi connectivity index (χ1n) is 7.23. The van der Waals surface area contributed by atoms with Crippen LogP contribution in [-0.4, -0.2) is 20.2 Å². The summed E-state index contributed by atoms with van der Waals surface area (Å²) >= 11 is 12.5. The Bertz CT molecular complexity index is 847. The van der Waals surface area contributed by atoms with E-state index in [4.69, 9.17) is 23.8 Å². The van der Waals surface area contributed by atoms with Crippen LogP contribution < -0.4 is 0 Å². The zero-order valence-corrected chi connectivity index (χ0v) is 15.2. The van der Waals surface area contributed by atoms with E-state index in [2.05, 4.69) is 0 Å². The lowest BCUT2D eigenvalue weighted by Crippen LogP contribution is -2.27. The number of phenols is 1. The number of hydrogen-bond donors (Lipinski definition) is 1. The van der Waals surface area contributed by atoms with Gasteiger partial charge in [-0.15, -0.1) is 0 Å². The average Bonchev–Trinajstić information content (AvgIpc) is 2.80. The highest BCUT2D eigenvalue weighted by atomic mass is 35.5. The van der Waals surface area contributed by atoms with Crippen LogP contribution in [0.2, 0.25) is 5.02 Å². The number of thiocarbonyl (C=S) groups is 1. The molecular formula is C18H14ClNO2S2. The van der Waals surface area contributed by atoms with Gasteiger partial charge in [0, 0.05) is 0 Å². The molecule has 1 N–H and O–H groups in total. The summed E-state index contributed by atoms with van der Waals surface area (Å²) in [6.45, 7) is 2.48. The number of aryl methyl sites for hydroxylation is 1. The highest BCUT2D eigenvalue weighted by Crippen LogP contribution is 2.34. The van der Waals surface area contributed by atoms with Gasteiger partial charge in [-0.25, -0.2) is 0 Å². The summed E-state index contributed by atoms with van der Waals surface area (Å²) in [5.74, 6) is -0.101. The van der Waals surface area contributed by atoms with Gasteiger partial charge >= 0.3 is 0 Å². The van der Waals surface area contributed by atoms with Crippen LogP contribution in [0.1, 0.15) is 16.7 Å². The largest absolute Gasteiger partial charge is 0.506 e. The van der Waals surface area contributed by atoms with Crippen LogP contribution in [-0.2, 0) is 11.3 Å². The van der Waals surface area contributed by atoms with Crippen LogP contribution in [0, 0.1) is 6.92 Å². The Kier molecular flexibility index (Phi) is 4.94. The summed E-state index contributed by atoms with van der Waals surface area (Å²) in [5.41, 5.74) is 2.95. The quantitative estimate of drug-likeness (QED) is 0.620. The summed E-state index contributed by atoms with van der Waals surface area (Å²) in [5, 5.41) is 9.72. The molecule has 0 unspecified atom stereocenters. The highest BCUT2D eigenvalue weighted by Gasteiger charge is 2.31. The van der Waals surface area contributed by atoms with E-state index >= 15 is 0 Å². The van der Waals surface area contributed by atoms with E-state index in [9.17, 15) is 9.90 Å². The molecule has 1 aliphatic heterocycles. The number of carbonyl (C=O) groups excluding carboxylic acids is 1. The molecule has 1 heterocycles. The van der Waals surface area contributed by atoms with Gasteiger partial charge in [0.1, 0.15) is 10.1 Å². The lowest BCUT2D eigenvalue weighted by Gasteiger charge is -2.14. The van der Waals surface area contributed by atoms with Crippen LogP contribution >= 0.6 is 35.6 Å². The van der Waals surface area contributed by atoms with Gasteiger partial charge in [-0.1, -0.05) is 71.5 Å². The first-order chi connectivity index (χ1) is 11.4. The maximum atomic E-state index is 12.6. The van der Waals surface area contributed by atoms with Gasteiger partial charge < -0.3 is 5.11 Å². The molecule has 6 heteroatoms. The first kappa shape index (κ1) is 17.0. The molecule has 2 aromatic rings. The Morgan fingerprint density at radius 3 is 2.62 bits per heavy atom. The second kappa shape index (κ2) is 6.97. The van der Waals surface area contributed by atoms with Crippen molar-refractivity contribution in [2.24, 2.45) is 0 Å². The number of carbonyl (C=O) groups is 1. The average molecular weight is 376 g/mol. The zero-order valence-electron chi connectivity index (χ0n) is 12.8. The first-order valence-corrected chi connectivity index (χ1v) is 8.84. The van der Waals surface area contributed by atoms with E-state index in [0.717, 1.165) is 11.1 Å². The Balaban J connectivity index is 1.81. The van der Waals surface area contributed by atoms with Crippen LogP contribution in [0.15, 0.2) is 47.4 Å². The summed E-state index contributed by atoms with van der Waals surface area (Å²) in [6, 6.07) is 12.8. The number of thioether (sulfide) groups is 1. The molecule has 0 atom stereocenters. The van der Waals surface area contributed by atoms with Gasteiger partial charge in [0.2, 0.25) is 0 Å². The van der Waals surface area contributed by atoms with E-state index in [-0.39, 0.29) is 16.7 Å². The molecule has 1 fully saturated rings. The number of aromatic hydroxyl groups is 1. The standard InChI is InChI=1S/C18H14ClNO2S2/c1-11-2-4-12(5-3-11)10-20-17(22)16(24-18(20)23)9-13-6-7-15(21)14(19)8-13/h2-9,21H,10H2,1H3/b16-9-. The van der Waals surface area contributed by atoms with E-state index in [1.54, 1.807) is 23.1 Å².